The predicted molar refractivity (Wildman–Crippen MR) is 224 cm³/mol. The van der Waals surface area contributed by atoms with Gasteiger partial charge in [-0.3, -0.25) is 0 Å². The van der Waals surface area contributed by atoms with Crippen molar-refractivity contribution in [2.45, 2.75) is 19.3 Å². The SMILES string of the molecule is [2H]c1c([2H])c([2H])c(-c2cccc3c2-c2ccc(-n4c5ccc(-c6ccc7c(c6)c6c([2H])c([2H])c([2H])c([2H])c6n7-c6ccccc6)cc5c5c([2H])c([2H])c([2H])c([2H])c54)cc2C3(C)C)c([2H])c1[2H]. The molecular weight excluding hydrogens is 641 g/mol. The lowest BCUT2D eigenvalue weighted by Crippen LogP contribution is -2.15. The molecule has 10 aromatic rings. The maximum atomic E-state index is 9.27. The minimum absolute atomic E-state index is 0.116. The lowest BCUT2D eigenvalue weighted by molar-refractivity contribution is 0.660. The van der Waals surface area contributed by atoms with Crippen molar-refractivity contribution in [1.82, 2.24) is 9.13 Å². The summed E-state index contributed by atoms with van der Waals surface area (Å²) in [4.78, 5) is 0. The lowest BCUT2D eigenvalue weighted by atomic mass is 9.82. The first-order valence-electron chi connectivity index (χ1n) is 24.0. The van der Waals surface area contributed by atoms with E-state index in [9.17, 15) is 2.74 Å². The van der Waals surface area contributed by atoms with Crippen LogP contribution >= 0.6 is 0 Å². The van der Waals surface area contributed by atoms with Gasteiger partial charge in [-0.1, -0.05) is 135 Å². The summed E-state index contributed by atoms with van der Waals surface area (Å²) in [6.07, 6.45) is 0. The highest BCUT2D eigenvalue weighted by Crippen LogP contribution is 2.53. The zero-order valence-corrected chi connectivity index (χ0v) is 28.7. The second-order valence-corrected chi connectivity index (χ2v) is 14.0. The van der Waals surface area contributed by atoms with Crippen molar-refractivity contribution in [2.24, 2.45) is 0 Å². The number of aromatic nitrogens is 2. The normalized spacial score (nSPS) is 16.7. The molecule has 0 spiro atoms. The van der Waals surface area contributed by atoms with Gasteiger partial charge in [-0.25, -0.2) is 0 Å². The average Bonchev–Trinajstić information content (AvgIpc) is 3.93. The Labute approximate surface area is 327 Å². The van der Waals surface area contributed by atoms with Gasteiger partial charge in [-0.2, -0.15) is 0 Å². The Morgan fingerprint density at radius 1 is 0.415 bits per heavy atom. The highest BCUT2D eigenvalue weighted by molar-refractivity contribution is 6.12. The van der Waals surface area contributed by atoms with Gasteiger partial charge in [0.2, 0.25) is 0 Å². The molecule has 1 aliphatic carbocycles. The summed E-state index contributed by atoms with van der Waals surface area (Å²) in [6.45, 7) is 4.13. The van der Waals surface area contributed by atoms with E-state index in [-0.39, 0.29) is 66.0 Å². The van der Waals surface area contributed by atoms with Crippen LogP contribution in [0.5, 0.6) is 0 Å². The third-order valence-corrected chi connectivity index (χ3v) is 10.9. The number of fused-ring (bicyclic) bond motifs is 9. The Hall–Kier alpha value is -6.64. The van der Waals surface area contributed by atoms with E-state index in [2.05, 4.69) is 13.8 Å². The van der Waals surface area contributed by atoms with Gasteiger partial charge in [0.05, 0.1) is 39.9 Å². The van der Waals surface area contributed by atoms with Crippen LogP contribution in [0, 0.1) is 0 Å². The van der Waals surface area contributed by atoms with Gasteiger partial charge in [0.1, 0.15) is 0 Å². The Morgan fingerprint density at radius 3 is 1.68 bits per heavy atom. The van der Waals surface area contributed by atoms with Crippen molar-refractivity contribution >= 4 is 43.6 Å². The molecule has 0 bridgehead atoms. The zero-order valence-electron chi connectivity index (χ0n) is 41.7. The van der Waals surface area contributed by atoms with E-state index in [0.717, 1.165) is 39.1 Å². The molecule has 0 amide bonds. The lowest BCUT2D eigenvalue weighted by Gasteiger charge is -2.22. The number of nitrogens with zero attached hydrogens (tertiary/aromatic N) is 2. The average molecular weight is 690 g/mol. The molecule has 0 N–H and O–H groups in total. The van der Waals surface area contributed by atoms with Crippen LogP contribution in [-0.2, 0) is 5.41 Å². The van der Waals surface area contributed by atoms with Crippen molar-refractivity contribution in [3.63, 3.8) is 0 Å². The topological polar surface area (TPSA) is 9.86 Å². The van der Waals surface area contributed by atoms with Crippen LogP contribution < -0.4 is 0 Å². The highest BCUT2D eigenvalue weighted by Gasteiger charge is 2.37. The first-order chi connectivity index (χ1) is 31.4. The van der Waals surface area contributed by atoms with Gasteiger partial charge < -0.3 is 9.13 Å². The van der Waals surface area contributed by atoms with Gasteiger partial charge >= 0.3 is 0 Å². The minimum Gasteiger partial charge on any atom is -0.309 e. The van der Waals surface area contributed by atoms with E-state index in [1.165, 1.54) is 0 Å². The summed E-state index contributed by atoms with van der Waals surface area (Å²) in [5.74, 6) is 0. The van der Waals surface area contributed by atoms with Crippen molar-refractivity contribution in [3.05, 3.63) is 193 Å². The Balaban J connectivity index is 1.14. The zero-order chi connectivity index (χ0) is 46.6. The molecule has 0 unspecified atom stereocenters. The van der Waals surface area contributed by atoms with Crippen molar-refractivity contribution in [2.75, 3.05) is 0 Å². The van der Waals surface area contributed by atoms with Crippen LogP contribution in [0.15, 0.2) is 182 Å². The summed E-state index contributed by atoms with van der Waals surface area (Å²) >= 11 is 0. The molecule has 11 rings (SSSR count). The monoisotopic (exact) mass is 689 g/mol. The van der Waals surface area contributed by atoms with Gasteiger partial charge in [0.15, 0.2) is 0 Å². The van der Waals surface area contributed by atoms with Gasteiger partial charge in [-0.15, -0.1) is 0 Å². The molecule has 1 aliphatic rings. The third-order valence-electron chi connectivity index (χ3n) is 10.9. The standard InChI is InChI=1S/C51H36N2/c1-51(2)44-21-13-20-38(33-14-5-3-6-15-33)50(44)41-27-26-37(32-45(41)51)53-47-23-12-10-19-40(47)43-31-35(25-29-49(43)53)34-24-28-48-42(30-34)39-18-9-11-22-46(39)52(48)36-16-7-4-8-17-36/h3-32H,1-2H3/i3D,5D,6D,9D,10D,11D,12D,14D,15D,18D,19D,22D,23D. The molecule has 2 nitrogen and oxygen atoms in total. The number of rotatable bonds is 4. The molecule has 0 aliphatic heterocycles. The molecule has 0 fully saturated rings. The fourth-order valence-corrected chi connectivity index (χ4v) is 8.42. The third kappa shape index (κ3) is 4.33. The van der Waals surface area contributed by atoms with Crippen LogP contribution in [0.1, 0.15) is 42.8 Å². The van der Waals surface area contributed by atoms with Gasteiger partial charge in [0, 0.05) is 38.3 Å². The first kappa shape index (κ1) is 19.8. The highest BCUT2D eigenvalue weighted by atomic mass is 15.0. The summed E-state index contributed by atoms with van der Waals surface area (Å²) in [7, 11) is 0. The summed E-state index contributed by atoms with van der Waals surface area (Å²) in [5, 5.41) is 1.92. The summed E-state index contributed by atoms with van der Waals surface area (Å²) in [6, 6.07) is 28.3. The van der Waals surface area contributed by atoms with E-state index < -0.39 is 23.5 Å². The minimum atomic E-state index is -0.625. The largest absolute Gasteiger partial charge is 0.309 e. The van der Waals surface area contributed by atoms with E-state index in [4.69, 9.17) is 15.1 Å². The molecule has 0 saturated heterocycles. The quantitative estimate of drug-likeness (QED) is 0.174. The molecule has 53 heavy (non-hydrogen) atoms. The van der Waals surface area contributed by atoms with Crippen molar-refractivity contribution in [3.8, 4) is 44.8 Å². The van der Waals surface area contributed by atoms with Crippen LogP contribution in [0.4, 0.5) is 0 Å². The molecular formula is C51H36N2. The first-order valence-corrected chi connectivity index (χ1v) is 17.5. The number of hydrogen-bond acceptors (Lipinski definition) is 0. The smallest absolute Gasteiger partial charge is 0.0645 e. The summed E-state index contributed by atoms with van der Waals surface area (Å²) in [5.41, 5.74) is 8.21. The second-order valence-electron chi connectivity index (χ2n) is 14.0. The fraction of sp³-hybridized carbons (Fsp3) is 0.0588. The van der Waals surface area contributed by atoms with Gasteiger partial charge in [-0.05, 0) is 105 Å². The van der Waals surface area contributed by atoms with Crippen LogP contribution in [0.2, 0.25) is 0 Å². The van der Waals surface area contributed by atoms with Crippen LogP contribution in [0.3, 0.4) is 0 Å². The van der Waals surface area contributed by atoms with Crippen LogP contribution in [-0.4, -0.2) is 9.13 Å². The molecule has 0 atom stereocenters. The molecule has 2 heterocycles. The predicted octanol–water partition coefficient (Wildman–Crippen LogP) is 13.5. The molecule has 250 valence electrons. The van der Waals surface area contributed by atoms with Crippen molar-refractivity contribution < 1.29 is 17.8 Å². The van der Waals surface area contributed by atoms with E-state index in [1.54, 1.807) is 6.07 Å². The molecule has 0 radical (unpaired) electrons. The Kier molecular flexibility index (Phi) is 4.18. The van der Waals surface area contributed by atoms with E-state index in [0.29, 0.717) is 54.9 Å². The van der Waals surface area contributed by atoms with Gasteiger partial charge in [0.25, 0.3) is 0 Å². The molecule has 2 aromatic heterocycles. The Morgan fingerprint density at radius 2 is 1.02 bits per heavy atom. The molecule has 0 saturated carbocycles. The van der Waals surface area contributed by atoms with Crippen LogP contribution in [0.25, 0.3) is 88.4 Å². The second kappa shape index (κ2) is 11.2. The maximum Gasteiger partial charge on any atom is 0.0645 e. The number of para-hydroxylation sites is 3. The van der Waals surface area contributed by atoms with E-state index >= 15 is 0 Å². The summed E-state index contributed by atoms with van der Waals surface area (Å²) < 4.78 is 117. The van der Waals surface area contributed by atoms with Crippen molar-refractivity contribution in [1.29, 1.82) is 0 Å². The number of benzene rings is 8. The maximum absolute atomic E-state index is 9.27. The molecule has 2 heteroatoms. The Bertz CT molecular complexity index is 3800. The fourth-order valence-electron chi connectivity index (χ4n) is 8.42. The van der Waals surface area contributed by atoms with E-state index in [1.807, 2.05) is 106 Å². The molecule has 8 aromatic carbocycles. The number of hydrogen-bond donors (Lipinski definition) is 0.